The maximum atomic E-state index is 8.49. The average molecular weight is 702 g/mol. The molecule has 0 atom stereocenters. The molecular weight excluding hydrogens is 680 g/mol. The predicted octanol–water partition coefficient (Wildman–Crippen LogP) is -4.17. The molecule has 19 heteroatoms. The van der Waals surface area contributed by atoms with Gasteiger partial charge in [0.15, 0.2) is 11.6 Å². The number of pyridine rings is 2. The summed E-state index contributed by atoms with van der Waals surface area (Å²) in [4.78, 5) is 8.07. The van der Waals surface area contributed by atoms with Gasteiger partial charge in [0, 0.05) is 12.4 Å². The fourth-order valence-corrected chi connectivity index (χ4v) is 2.03. The van der Waals surface area contributed by atoms with E-state index in [1.807, 2.05) is 97.1 Å². The minimum Gasteiger partial charge on any atom is -0.412 e. The molecule has 4 N–H and O–H groups in total. The Morgan fingerprint density at radius 2 is 0.683 bits per heavy atom. The maximum absolute atomic E-state index is 8.49. The molecule has 4 aromatic rings. The molecule has 0 aliphatic rings. The fourth-order valence-electron chi connectivity index (χ4n) is 2.03. The van der Waals surface area contributed by atoms with E-state index in [0.717, 1.165) is 11.4 Å². The Bertz CT molecular complexity index is 1020. The van der Waals surface area contributed by atoms with Gasteiger partial charge in [-0.25, -0.2) is 47.2 Å². The molecule has 0 saturated heterocycles. The molecule has 0 radical (unpaired) electrons. The third-order valence-corrected chi connectivity index (χ3v) is 3.35. The van der Waals surface area contributed by atoms with E-state index in [-0.39, 0.29) is 30.4 Å². The zero-order chi connectivity index (χ0) is 28.3. The topological polar surface area (TPSA) is 323 Å². The molecule has 0 unspecified atom stereocenters. The number of hydrogen-bond donors (Lipinski definition) is 0. The Morgan fingerprint density at radius 3 is 0.927 bits per heavy atom. The predicted molar refractivity (Wildman–Crippen MR) is 117 cm³/mol. The molecule has 0 aliphatic carbocycles. The first kappa shape index (κ1) is 42.2. The molecular formula is C22H22Cl2N6O10Ru. The zero-order valence-corrected chi connectivity index (χ0v) is 23.7. The number of rotatable bonds is 4. The van der Waals surface area contributed by atoms with Crippen LogP contribution in [0.2, 0.25) is 0 Å². The van der Waals surface area contributed by atoms with E-state index in [2.05, 4.69) is 30.4 Å². The smallest absolute Gasteiger partial charge is 0.412 e. The number of aromatic nitrogens is 2. The van der Waals surface area contributed by atoms with Gasteiger partial charge in [0.05, 0.1) is 11.4 Å². The van der Waals surface area contributed by atoms with Crippen molar-refractivity contribution < 1.29 is 88.2 Å². The van der Waals surface area contributed by atoms with Crippen molar-refractivity contribution in [1.82, 2.24) is 9.97 Å². The second kappa shape index (κ2) is 23.4. The van der Waals surface area contributed by atoms with Crippen LogP contribution in [-0.4, -0.2) is 20.9 Å². The Balaban J connectivity index is -0.000000507. The standard InChI is InChI=1S/2C11H9N3.2ClHO4.2H2O.Ru/c2*1-2-6-10(7-3-1)13-14-11-8-4-5-9-12-11;2*2-1(3,4)5;;;/h2*1-9H;2*(H,2,3,4,5);2*1H2;/q;;;;;;+2/p-2. The summed E-state index contributed by atoms with van der Waals surface area (Å²) in [5.74, 6) is 1.24. The van der Waals surface area contributed by atoms with Crippen LogP contribution in [-0.2, 0) is 19.5 Å². The molecule has 0 fully saturated rings. The molecule has 0 bridgehead atoms. The van der Waals surface area contributed by atoms with E-state index < -0.39 is 20.5 Å². The number of benzene rings is 2. The second-order valence-electron chi connectivity index (χ2n) is 6.20. The van der Waals surface area contributed by atoms with Crippen molar-refractivity contribution in [2.75, 3.05) is 0 Å². The summed E-state index contributed by atoms with van der Waals surface area (Å²) >= 11 is 0. The molecule has 4 rings (SSSR count). The van der Waals surface area contributed by atoms with Crippen molar-refractivity contribution in [2.24, 2.45) is 20.5 Å². The minimum absolute atomic E-state index is 0. The third-order valence-electron chi connectivity index (χ3n) is 3.35. The summed E-state index contributed by atoms with van der Waals surface area (Å²) in [6.07, 6.45) is 3.39. The quantitative estimate of drug-likeness (QED) is 0.146. The van der Waals surface area contributed by atoms with Crippen molar-refractivity contribution in [3.8, 4) is 0 Å². The third kappa shape index (κ3) is 29.5. The van der Waals surface area contributed by atoms with Crippen LogP contribution in [0.1, 0.15) is 0 Å². The van der Waals surface area contributed by atoms with Gasteiger partial charge in [-0.05, 0) is 48.5 Å². The van der Waals surface area contributed by atoms with Gasteiger partial charge >= 0.3 is 19.5 Å². The largest absolute Gasteiger partial charge is 2.00 e. The van der Waals surface area contributed by atoms with Crippen LogP contribution in [0.5, 0.6) is 0 Å². The molecule has 2 aromatic carbocycles. The van der Waals surface area contributed by atoms with Crippen LogP contribution >= 0.6 is 0 Å². The second-order valence-corrected chi connectivity index (χ2v) is 7.71. The van der Waals surface area contributed by atoms with Gasteiger partial charge in [-0.15, -0.1) is 40.9 Å². The number of nitrogens with zero attached hydrogens (tertiary/aromatic N) is 6. The maximum Gasteiger partial charge on any atom is 2.00 e. The van der Waals surface area contributed by atoms with Gasteiger partial charge in [0.2, 0.25) is 0 Å². The van der Waals surface area contributed by atoms with Crippen molar-refractivity contribution in [3.05, 3.63) is 109 Å². The van der Waals surface area contributed by atoms with Gasteiger partial charge in [-0.1, -0.05) is 48.5 Å². The minimum atomic E-state index is -4.94. The van der Waals surface area contributed by atoms with Crippen LogP contribution in [0.3, 0.4) is 0 Å². The SMILES string of the molecule is O.O.[O-][Cl+3]([O-])([O-])[O-].[O-][Cl+3]([O-])([O-])[O-].[Ru+2].c1ccc(N=Nc2ccccn2)cc1.c1ccc(N=Nc2ccccn2)cc1. The molecule has 16 nitrogen and oxygen atoms in total. The Hall–Kier alpha value is -3.26. The van der Waals surface area contributed by atoms with Crippen LogP contribution in [0, 0.1) is 20.5 Å². The van der Waals surface area contributed by atoms with Crippen molar-refractivity contribution >= 4 is 23.0 Å². The van der Waals surface area contributed by atoms with E-state index in [9.17, 15) is 0 Å². The monoisotopic (exact) mass is 702 g/mol. The van der Waals surface area contributed by atoms with Gasteiger partial charge in [0.1, 0.15) is 0 Å². The first-order valence-electron chi connectivity index (χ1n) is 9.89. The summed E-state index contributed by atoms with van der Waals surface area (Å²) in [7, 11) is -9.89. The van der Waals surface area contributed by atoms with Crippen LogP contribution < -0.4 is 37.3 Å². The van der Waals surface area contributed by atoms with Gasteiger partial charge in [-0.3, -0.25) is 0 Å². The molecule has 0 spiro atoms. The van der Waals surface area contributed by atoms with Crippen molar-refractivity contribution in [3.63, 3.8) is 0 Å². The summed E-state index contributed by atoms with van der Waals surface area (Å²) in [6, 6.07) is 30.2. The molecule has 2 aromatic heterocycles. The first-order chi connectivity index (χ1) is 17.9. The zero-order valence-electron chi connectivity index (χ0n) is 20.5. The number of halogens is 2. The normalized spacial score (nSPS) is 10.1. The molecule has 0 saturated carbocycles. The van der Waals surface area contributed by atoms with Crippen molar-refractivity contribution in [2.45, 2.75) is 0 Å². The Morgan fingerprint density at radius 1 is 0.415 bits per heavy atom. The number of hydrogen-bond acceptors (Lipinski definition) is 14. The van der Waals surface area contributed by atoms with Crippen molar-refractivity contribution in [1.29, 1.82) is 0 Å². The first-order valence-corrected chi connectivity index (χ1v) is 12.4. The van der Waals surface area contributed by atoms with Crippen LogP contribution in [0.15, 0.2) is 130 Å². The van der Waals surface area contributed by atoms with Gasteiger partial charge in [0.25, 0.3) is 0 Å². The van der Waals surface area contributed by atoms with Gasteiger partial charge < -0.3 is 11.0 Å². The fraction of sp³-hybridized carbons (Fsp3) is 0. The average Bonchev–Trinajstić information content (AvgIpc) is 2.87. The Labute approximate surface area is 250 Å². The van der Waals surface area contributed by atoms with Gasteiger partial charge in [-0.2, -0.15) is 0 Å². The molecule has 41 heavy (non-hydrogen) atoms. The van der Waals surface area contributed by atoms with E-state index in [1.165, 1.54) is 0 Å². The summed E-state index contributed by atoms with van der Waals surface area (Å²) < 4.78 is 67.9. The van der Waals surface area contributed by atoms with E-state index in [1.54, 1.807) is 12.4 Å². The molecule has 222 valence electrons. The van der Waals surface area contributed by atoms with E-state index >= 15 is 0 Å². The summed E-state index contributed by atoms with van der Waals surface area (Å²) in [5.41, 5.74) is 1.66. The van der Waals surface area contributed by atoms with E-state index in [4.69, 9.17) is 37.3 Å². The van der Waals surface area contributed by atoms with E-state index in [0.29, 0.717) is 11.6 Å². The molecule has 2 heterocycles. The van der Waals surface area contributed by atoms with Crippen LogP contribution in [0.4, 0.5) is 23.0 Å². The molecule has 0 aliphatic heterocycles. The van der Waals surface area contributed by atoms with Crippen LogP contribution in [0.25, 0.3) is 0 Å². The summed E-state index contributed by atoms with van der Waals surface area (Å²) in [5, 5.41) is 16.1. The molecule has 0 amide bonds. The Kier molecular flexibility index (Phi) is 24.1. The number of azo groups is 2. The summed E-state index contributed by atoms with van der Waals surface area (Å²) in [6.45, 7) is 0.